The number of hydrogen-bond donors (Lipinski definition) is 2. The Morgan fingerprint density at radius 1 is 1.33 bits per heavy atom. The van der Waals surface area contributed by atoms with Gasteiger partial charge in [-0.25, -0.2) is 9.97 Å². The standard InChI is InChI=1S/C8H8N2O2/c11-4-2-1-3-8-9-5-7(12)6-10-8/h5-6,11-12H,2,4H2. The van der Waals surface area contributed by atoms with Crippen LogP contribution < -0.4 is 0 Å². The fourth-order valence-corrected chi connectivity index (χ4v) is 0.583. The third-order valence-electron chi connectivity index (χ3n) is 1.08. The number of nitrogens with zero attached hydrogens (tertiary/aromatic N) is 2. The molecule has 4 heteroatoms. The van der Waals surface area contributed by atoms with E-state index in [1.807, 2.05) is 0 Å². The van der Waals surface area contributed by atoms with Crippen molar-refractivity contribution in [3.05, 3.63) is 18.2 Å². The lowest BCUT2D eigenvalue weighted by molar-refractivity contribution is 0.305. The average Bonchev–Trinajstić information content (AvgIpc) is 2.09. The summed E-state index contributed by atoms with van der Waals surface area (Å²) in [5.41, 5.74) is 0. The molecule has 12 heavy (non-hydrogen) atoms. The second-order valence-electron chi connectivity index (χ2n) is 2.04. The highest BCUT2D eigenvalue weighted by Gasteiger charge is 1.89. The molecule has 62 valence electrons. The van der Waals surface area contributed by atoms with Gasteiger partial charge in [-0.15, -0.1) is 0 Å². The molecular weight excluding hydrogens is 156 g/mol. The van der Waals surface area contributed by atoms with Gasteiger partial charge in [-0.2, -0.15) is 0 Å². The first-order valence-electron chi connectivity index (χ1n) is 3.43. The fraction of sp³-hybridized carbons (Fsp3) is 0.250. The first-order valence-corrected chi connectivity index (χ1v) is 3.43. The Hall–Kier alpha value is -1.60. The molecule has 0 radical (unpaired) electrons. The Labute approximate surface area is 69.9 Å². The van der Waals surface area contributed by atoms with Gasteiger partial charge in [0.15, 0.2) is 5.75 Å². The Bertz CT molecular complexity index is 297. The minimum absolute atomic E-state index is 0.0164. The minimum Gasteiger partial charge on any atom is -0.505 e. The molecule has 0 fully saturated rings. The van der Waals surface area contributed by atoms with Gasteiger partial charge >= 0.3 is 0 Å². The predicted molar refractivity (Wildman–Crippen MR) is 42.3 cm³/mol. The molecule has 1 aromatic rings. The highest BCUT2D eigenvalue weighted by atomic mass is 16.3. The molecule has 0 aliphatic heterocycles. The lowest BCUT2D eigenvalue weighted by atomic mass is 10.4. The van der Waals surface area contributed by atoms with E-state index in [1.165, 1.54) is 12.4 Å². The average molecular weight is 164 g/mol. The predicted octanol–water partition coefficient (Wildman–Crippen LogP) is -0.0839. The summed E-state index contributed by atoms with van der Waals surface area (Å²) in [5, 5.41) is 17.2. The van der Waals surface area contributed by atoms with E-state index in [-0.39, 0.29) is 12.4 Å². The van der Waals surface area contributed by atoms with Gasteiger partial charge in [0.1, 0.15) is 0 Å². The maximum atomic E-state index is 8.82. The SMILES string of the molecule is OCCC#Cc1ncc(O)cn1. The van der Waals surface area contributed by atoms with Crippen molar-refractivity contribution in [2.45, 2.75) is 6.42 Å². The second kappa shape index (κ2) is 4.31. The summed E-state index contributed by atoms with van der Waals surface area (Å²) in [4.78, 5) is 7.47. The van der Waals surface area contributed by atoms with E-state index < -0.39 is 0 Å². The Morgan fingerprint density at radius 2 is 2.00 bits per heavy atom. The molecule has 0 atom stereocenters. The molecule has 1 heterocycles. The zero-order valence-corrected chi connectivity index (χ0v) is 6.36. The van der Waals surface area contributed by atoms with Crippen molar-refractivity contribution in [2.24, 2.45) is 0 Å². The summed E-state index contributed by atoms with van der Waals surface area (Å²) < 4.78 is 0. The monoisotopic (exact) mass is 164 g/mol. The van der Waals surface area contributed by atoms with E-state index in [0.29, 0.717) is 12.2 Å². The number of aliphatic hydroxyl groups is 1. The van der Waals surface area contributed by atoms with Crippen LogP contribution in [0.1, 0.15) is 12.2 Å². The van der Waals surface area contributed by atoms with E-state index >= 15 is 0 Å². The second-order valence-corrected chi connectivity index (χ2v) is 2.04. The zero-order chi connectivity index (χ0) is 8.81. The van der Waals surface area contributed by atoms with Crippen molar-refractivity contribution < 1.29 is 10.2 Å². The molecule has 4 nitrogen and oxygen atoms in total. The number of aromatic nitrogens is 2. The molecule has 0 aliphatic rings. The molecular formula is C8H8N2O2. The van der Waals surface area contributed by atoms with Crippen LogP contribution in [0.4, 0.5) is 0 Å². The molecule has 1 aromatic heterocycles. The number of aliphatic hydroxyl groups excluding tert-OH is 1. The molecule has 0 bridgehead atoms. The molecule has 0 unspecified atom stereocenters. The number of hydrogen-bond acceptors (Lipinski definition) is 4. The van der Waals surface area contributed by atoms with Gasteiger partial charge in [-0.1, -0.05) is 5.92 Å². The van der Waals surface area contributed by atoms with Crippen LogP contribution in [0.3, 0.4) is 0 Å². The number of rotatable bonds is 1. The van der Waals surface area contributed by atoms with Crippen LogP contribution in [0.25, 0.3) is 0 Å². The summed E-state index contributed by atoms with van der Waals surface area (Å²) in [7, 11) is 0. The smallest absolute Gasteiger partial charge is 0.205 e. The Balaban J connectivity index is 2.66. The third kappa shape index (κ3) is 2.56. The van der Waals surface area contributed by atoms with Crippen LogP contribution in [-0.4, -0.2) is 26.8 Å². The lowest BCUT2D eigenvalue weighted by Gasteiger charge is -1.88. The topological polar surface area (TPSA) is 66.2 Å². The minimum atomic E-state index is 0.0164. The van der Waals surface area contributed by atoms with Crippen molar-refractivity contribution in [1.82, 2.24) is 9.97 Å². The van der Waals surface area contributed by atoms with E-state index in [9.17, 15) is 0 Å². The summed E-state index contributed by atoms with van der Waals surface area (Å²) in [6, 6.07) is 0. The van der Waals surface area contributed by atoms with E-state index in [1.54, 1.807) is 0 Å². The van der Waals surface area contributed by atoms with Crippen LogP contribution in [0.15, 0.2) is 12.4 Å². The fourth-order valence-electron chi connectivity index (χ4n) is 0.583. The van der Waals surface area contributed by atoms with Gasteiger partial charge in [0.05, 0.1) is 19.0 Å². The maximum Gasteiger partial charge on any atom is 0.205 e. The van der Waals surface area contributed by atoms with E-state index in [4.69, 9.17) is 10.2 Å². The van der Waals surface area contributed by atoms with Gasteiger partial charge < -0.3 is 10.2 Å². The van der Waals surface area contributed by atoms with Gasteiger partial charge in [0, 0.05) is 6.42 Å². The molecule has 0 saturated carbocycles. The lowest BCUT2D eigenvalue weighted by Crippen LogP contribution is -1.86. The van der Waals surface area contributed by atoms with Crippen molar-refractivity contribution in [2.75, 3.05) is 6.61 Å². The number of aromatic hydroxyl groups is 1. The summed E-state index contributed by atoms with van der Waals surface area (Å²) in [5.74, 6) is 5.66. The molecule has 0 spiro atoms. The summed E-state index contributed by atoms with van der Waals surface area (Å²) >= 11 is 0. The van der Waals surface area contributed by atoms with Crippen molar-refractivity contribution in [1.29, 1.82) is 0 Å². The first-order chi connectivity index (χ1) is 5.83. The molecule has 1 rings (SSSR count). The largest absolute Gasteiger partial charge is 0.505 e. The molecule has 0 amide bonds. The van der Waals surface area contributed by atoms with Crippen LogP contribution in [0.5, 0.6) is 5.75 Å². The van der Waals surface area contributed by atoms with Crippen LogP contribution >= 0.6 is 0 Å². The van der Waals surface area contributed by atoms with Gasteiger partial charge in [-0.05, 0) is 5.92 Å². The van der Waals surface area contributed by atoms with Gasteiger partial charge in [-0.3, -0.25) is 0 Å². The first kappa shape index (κ1) is 8.50. The molecule has 2 N–H and O–H groups in total. The van der Waals surface area contributed by atoms with Crippen LogP contribution in [-0.2, 0) is 0 Å². The summed E-state index contributed by atoms with van der Waals surface area (Å²) in [6.45, 7) is 0.0328. The quantitative estimate of drug-likeness (QED) is 0.569. The third-order valence-corrected chi connectivity index (χ3v) is 1.08. The summed E-state index contributed by atoms with van der Waals surface area (Å²) in [6.07, 6.45) is 2.95. The van der Waals surface area contributed by atoms with Crippen LogP contribution in [0.2, 0.25) is 0 Å². The molecule has 0 saturated heterocycles. The highest BCUT2D eigenvalue weighted by Crippen LogP contribution is 2.00. The zero-order valence-electron chi connectivity index (χ0n) is 6.36. The van der Waals surface area contributed by atoms with Crippen molar-refractivity contribution >= 4 is 0 Å². The van der Waals surface area contributed by atoms with Gasteiger partial charge in [0.25, 0.3) is 0 Å². The van der Waals surface area contributed by atoms with Crippen LogP contribution in [0, 0.1) is 11.8 Å². The molecule has 0 aliphatic carbocycles. The van der Waals surface area contributed by atoms with Crippen molar-refractivity contribution in [3.63, 3.8) is 0 Å². The maximum absolute atomic E-state index is 8.82. The Morgan fingerprint density at radius 3 is 2.58 bits per heavy atom. The van der Waals surface area contributed by atoms with Crippen molar-refractivity contribution in [3.8, 4) is 17.6 Å². The normalized spacial score (nSPS) is 8.75. The van der Waals surface area contributed by atoms with E-state index in [2.05, 4.69) is 21.8 Å². The Kier molecular flexibility index (Phi) is 3.05. The molecule has 0 aromatic carbocycles. The van der Waals surface area contributed by atoms with Gasteiger partial charge in [0.2, 0.25) is 5.82 Å². The van der Waals surface area contributed by atoms with E-state index in [0.717, 1.165) is 0 Å². The highest BCUT2D eigenvalue weighted by molar-refractivity contribution is 5.22.